The maximum absolute atomic E-state index is 13.5. The van der Waals surface area contributed by atoms with E-state index >= 15 is 0 Å². The fourth-order valence-electron chi connectivity index (χ4n) is 1.57. The van der Waals surface area contributed by atoms with Gasteiger partial charge in [0.25, 0.3) is 0 Å². The van der Waals surface area contributed by atoms with E-state index in [1.165, 1.54) is 19.2 Å². The minimum absolute atomic E-state index is 0.0989. The second kappa shape index (κ2) is 6.72. The standard InChI is InChI=1S/C13H16FNO4/c1-8(15-12(16)5-6-13(17)18)9-3-4-11(19-2)10(14)7-9/h3-4,7-8H,5-6H2,1-2H3,(H,15,16)(H,17,18). The van der Waals surface area contributed by atoms with Crippen LogP contribution in [-0.2, 0) is 9.59 Å². The zero-order chi connectivity index (χ0) is 14.4. The SMILES string of the molecule is COc1ccc(C(C)NC(=O)CCC(=O)O)cc1F. The number of methoxy groups -OCH3 is 1. The zero-order valence-corrected chi connectivity index (χ0v) is 10.8. The molecule has 0 aliphatic rings. The molecule has 0 saturated heterocycles. The third-order valence-corrected chi connectivity index (χ3v) is 2.62. The van der Waals surface area contributed by atoms with Gasteiger partial charge in [0.1, 0.15) is 0 Å². The first kappa shape index (κ1) is 14.9. The molecule has 0 fully saturated rings. The number of benzene rings is 1. The first-order chi connectivity index (χ1) is 8.93. The summed E-state index contributed by atoms with van der Waals surface area (Å²) in [5.74, 6) is -1.79. The normalized spacial score (nSPS) is 11.7. The molecule has 0 radical (unpaired) electrons. The maximum Gasteiger partial charge on any atom is 0.303 e. The number of carboxylic acids is 1. The van der Waals surface area contributed by atoms with Crippen molar-refractivity contribution >= 4 is 11.9 Å². The Kier molecular flexibility index (Phi) is 5.29. The highest BCUT2D eigenvalue weighted by Gasteiger charge is 2.13. The molecule has 5 nitrogen and oxygen atoms in total. The first-order valence-corrected chi connectivity index (χ1v) is 5.78. The lowest BCUT2D eigenvalue weighted by Crippen LogP contribution is -2.27. The molecule has 1 rings (SSSR count). The summed E-state index contributed by atoms with van der Waals surface area (Å²) in [4.78, 5) is 21.8. The van der Waals surface area contributed by atoms with E-state index in [9.17, 15) is 14.0 Å². The lowest BCUT2D eigenvalue weighted by Gasteiger charge is -2.15. The number of hydrogen-bond donors (Lipinski definition) is 2. The van der Waals surface area contributed by atoms with Gasteiger partial charge in [0.2, 0.25) is 5.91 Å². The smallest absolute Gasteiger partial charge is 0.303 e. The number of carboxylic acid groups (broad SMARTS) is 1. The van der Waals surface area contributed by atoms with Crippen LogP contribution in [0.5, 0.6) is 5.75 Å². The summed E-state index contributed by atoms with van der Waals surface area (Å²) in [5, 5.41) is 11.1. The van der Waals surface area contributed by atoms with Gasteiger partial charge < -0.3 is 15.2 Å². The van der Waals surface area contributed by atoms with Gasteiger partial charge in [-0.15, -0.1) is 0 Å². The molecule has 0 bridgehead atoms. The molecule has 0 heterocycles. The van der Waals surface area contributed by atoms with Crippen molar-refractivity contribution in [2.75, 3.05) is 7.11 Å². The van der Waals surface area contributed by atoms with Gasteiger partial charge >= 0.3 is 5.97 Å². The summed E-state index contributed by atoms with van der Waals surface area (Å²) in [6.07, 6.45) is -0.326. The van der Waals surface area contributed by atoms with Crippen LogP contribution in [0.3, 0.4) is 0 Å². The molecule has 6 heteroatoms. The Morgan fingerprint density at radius 1 is 1.42 bits per heavy atom. The average molecular weight is 269 g/mol. The highest BCUT2D eigenvalue weighted by molar-refractivity contribution is 5.80. The third-order valence-electron chi connectivity index (χ3n) is 2.62. The van der Waals surface area contributed by atoms with Gasteiger partial charge in [-0.3, -0.25) is 9.59 Å². The molecular formula is C13H16FNO4. The van der Waals surface area contributed by atoms with Crippen molar-refractivity contribution in [3.05, 3.63) is 29.6 Å². The van der Waals surface area contributed by atoms with Gasteiger partial charge in [0.05, 0.1) is 19.6 Å². The summed E-state index contributed by atoms with van der Waals surface area (Å²) in [6.45, 7) is 1.69. The van der Waals surface area contributed by atoms with Gasteiger partial charge in [-0.1, -0.05) is 6.07 Å². The van der Waals surface area contributed by atoms with Gasteiger partial charge in [0, 0.05) is 6.42 Å². The number of aliphatic carboxylic acids is 1. The number of ether oxygens (including phenoxy) is 1. The molecule has 1 atom stereocenters. The summed E-state index contributed by atoms with van der Waals surface area (Å²) in [5.41, 5.74) is 0.585. The second-order valence-corrected chi connectivity index (χ2v) is 4.08. The van der Waals surface area contributed by atoms with Crippen LogP contribution in [0, 0.1) is 5.82 Å². The average Bonchev–Trinajstić information content (AvgIpc) is 2.36. The fraction of sp³-hybridized carbons (Fsp3) is 0.385. The second-order valence-electron chi connectivity index (χ2n) is 4.08. The number of halogens is 1. The van der Waals surface area contributed by atoms with Crippen LogP contribution in [0.1, 0.15) is 31.4 Å². The number of nitrogens with one attached hydrogen (secondary N) is 1. The monoisotopic (exact) mass is 269 g/mol. The minimum Gasteiger partial charge on any atom is -0.494 e. The predicted molar refractivity (Wildman–Crippen MR) is 66.4 cm³/mol. The van der Waals surface area contributed by atoms with Crippen molar-refractivity contribution < 1.29 is 23.8 Å². The number of carbonyl (C=O) groups is 2. The Morgan fingerprint density at radius 3 is 2.63 bits per heavy atom. The molecule has 1 unspecified atom stereocenters. The van der Waals surface area contributed by atoms with E-state index in [-0.39, 0.29) is 24.5 Å². The number of rotatable bonds is 6. The van der Waals surface area contributed by atoms with Gasteiger partial charge in [-0.05, 0) is 24.6 Å². The molecule has 1 aromatic rings. The number of amides is 1. The van der Waals surface area contributed by atoms with Crippen molar-refractivity contribution in [3.63, 3.8) is 0 Å². The highest BCUT2D eigenvalue weighted by atomic mass is 19.1. The molecule has 1 amide bonds. The Morgan fingerprint density at radius 2 is 2.11 bits per heavy atom. The molecule has 0 aliphatic carbocycles. The molecule has 2 N–H and O–H groups in total. The van der Waals surface area contributed by atoms with Crippen LogP contribution < -0.4 is 10.1 Å². The Hall–Kier alpha value is -2.11. The summed E-state index contributed by atoms with van der Waals surface area (Å²) in [6, 6.07) is 4.00. The minimum atomic E-state index is -1.03. The zero-order valence-electron chi connectivity index (χ0n) is 10.8. The summed E-state index contributed by atoms with van der Waals surface area (Å²) < 4.78 is 18.3. The van der Waals surface area contributed by atoms with Crippen molar-refractivity contribution in [2.45, 2.75) is 25.8 Å². The molecule has 0 aromatic heterocycles. The lowest BCUT2D eigenvalue weighted by atomic mass is 10.1. The molecule has 1 aromatic carbocycles. The maximum atomic E-state index is 13.5. The largest absolute Gasteiger partial charge is 0.494 e. The lowest BCUT2D eigenvalue weighted by molar-refractivity contribution is -0.138. The molecule has 104 valence electrons. The first-order valence-electron chi connectivity index (χ1n) is 5.78. The van der Waals surface area contributed by atoms with E-state index in [0.717, 1.165) is 0 Å². The van der Waals surface area contributed by atoms with E-state index in [0.29, 0.717) is 5.56 Å². The summed E-state index contributed by atoms with van der Waals surface area (Å²) >= 11 is 0. The van der Waals surface area contributed by atoms with Crippen molar-refractivity contribution in [1.29, 1.82) is 0 Å². The van der Waals surface area contributed by atoms with Crippen LogP contribution >= 0.6 is 0 Å². The number of hydrogen-bond acceptors (Lipinski definition) is 3. The van der Waals surface area contributed by atoms with E-state index in [1.807, 2.05) is 0 Å². The van der Waals surface area contributed by atoms with Crippen molar-refractivity contribution in [1.82, 2.24) is 5.32 Å². The van der Waals surface area contributed by atoms with E-state index in [1.54, 1.807) is 13.0 Å². The van der Waals surface area contributed by atoms with Crippen LogP contribution in [0.15, 0.2) is 18.2 Å². The molecule has 0 aliphatic heterocycles. The fourth-order valence-corrected chi connectivity index (χ4v) is 1.57. The molecule has 0 spiro atoms. The topological polar surface area (TPSA) is 75.6 Å². The quantitative estimate of drug-likeness (QED) is 0.826. The molecule has 0 saturated carbocycles. The van der Waals surface area contributed by atoms with Gasteiger partial charge in [-0.2, -0.15) is 0 Å². The van der Waals surface area contributed by atoms with E-state index in [2.05, 4.69) is 5.32 Å². The Labute approximate surface area is 110 Å². The highest BCUT2D eigenvalue weighted by Crippen LogP contribution is 2.21. The van der Waals surface area contributed by atoms with Gasteiger partial charge in [-0.25, -0.2) is 4.39 Å². The Bertz CT molecular complexity index is 476. The molecule has 19 heavy (non-hydrogen) atoms. The summed E-state index contributed by atoms with van der Waals surface area (Å²) in [7, 11) is 1.37. The number of carbonyl (C=O) groups excluding carboxylic acids is 1. The van der Waals surface area contributed by atoms with Crippen LogP contribution in [0.2, 0.25) is 0 Å². The van der Waals surface area contributed by atoms with Crippen LogP contribution in [0.4, 0.5) is 4.39 Å². The van der Waals surface area contributed by atoms with E-state index < -0.39 is 17.8 Å². The third kappa shape index (κ3) is 4.57. The van der Waals surface area contributed by atoms with Crippen LogP contribution in [-0.4, -0.2) is 24.1 Å². The molecular weight excluding hydrogens is 253 g/mol. The van der Waals surface area contributed by atoms with Gasteiger partial charge in [0.15, 0.2) is 11.6 Å². The van der Waals surface area contributed by atoms with Crippen LogP contribution in [0.25, 0.3) is 0 Å². The predicted octanol–water partition coefficient (Wildman–Crippen LogP) is 1.88. The Balaban J connectivity index is 2.62. The van der Waals surface area contributed by atoms with E-state index in [4.69, 9.17) is 9.84 Å². The van der Waals surface area contributed by atoms with Crippen molar-refractivity contribution in [2.24, 2.45) is 0 Å². The van der Waals surface area contributed by atoms with Crippen molar-refractivity contribution in [3.8, 4) is 5.75 Å².